The number of amides is 2. The lowest BCUT2D eigenvalue weighted by atomic mass is 10.3. The van der Waals surface area contributed by atoms with Crippen molar-refractivity contribution in [3.05, 3.63) is 23.2 Å². The fourth-order valence-corrected chi connectivity index (χ4v) is 3.14. The lowest BCUT2D eigenvalue weighted by Gasteiger charge is -2.06. The molecule has 1 fully saturated rings. The fourth-order valence-electron chi connectivity index (χ4n) is 1.97. The highest BCUT2D eigenvalue weighted by Crippen LogP contribution is 2.43. The van der Waals surface area contributed by atoms with Gasteiger partial charge in [0.1, 0.15) is 0 Å². The Balaban J connectivity index is 1.67. The van der Waals surface area contributed by atoms with Crippen molar-refractivity contribution in [2.45, 2.75) is 18.8 Å². The topological polar surface area (TPSA) is 63.2 Å². The summed E-state index contributed by atoms with van der Waals surface area (Å²) in [7, 11) is 1.61. The molecule has 5 nitrogen and oxygen atoms in total. The Kier molecular flexibility index (Phi) is 3.84. The Morgan fingerprint density at radius 3 is 3.10 bits per heavy atom. The van der Waals surface area contributed by atoms with Crippen molar-refractivity contribution in [2.75, 3.05) is 25.6 Å². The number of urea groups is 1. The molecule has 1 aliphatic carbocycles. The molecule has 1 aromatic carbocycles. The van der Waals surface area contributed by atoms with E-state index in [1.165, 1.54) is 17.8 Å². The van der Waals surface area contributed by atoms with Gasteiger partial charge in [0.2, 0.25) is 0 Å². The Bertz CT molecular complexity index is 622. The van der Waals surface area contributed by atoms with Gasteiger partial charge in [0.05, 0.1) is 21.8 Å². The standard InChI is InChI=1S/C14H17N3O2S/c1-19-7-6-15-14(18)16-10-4-5-11-12(8-10)20-13(17-11)9-2-3-9/h4-5,8-9H,2-3,6-7H2,1H3,(H2,15,16,18). The summed E-state index contributed by atoms with van der Waals surface area (Å²) in [5.74, 6) is 0.668. The number of anilines is 1. The summed E-state index contributed by atoms with van der Waals surface area (Å²) < 4.78 is 6.01. The molecule has 1 aromatic heterocycles. The SMILES string of the molecule is COCCNC(=O)Nc1ccc2nc(C3CC3)sc2c1. The zero-order valence-corrected chi connectivity index (χ0v) is 12.1. The minimum atomic E-state index is -0.215. The van der Waals surface area contributed by atoms with E-state index in [-0.39, 0.29) is 6.03 Å². The van der Waals surface area contributed by atoms with Crippen LogP contribution < -0.4 is 10.6 Å². The van der Waals surface area contributed by atoms with Crippen LogP contribution >= 0.6 is 11.3 Å². The maximum absolute atomic E-state index is 11.7. The van der Waals surface area contributed by atoms with Crippen LogP contribution in [0.3, 0.4) is 0 Å². The van der Waals surface area contributed by atoms with Crippen molar-refractivity contribution in [3.8, 4) is 0 Å². The van der Waals surface area contributed by atoms with Crippen LogP contribution in [0, 0.1) is 0 Å². The summed E-state index contributed by atoms with van der Waals surface area (Å²) in [6, 6.07) is 5.61. The van der Waals surface area contributed by atoms with Gasteiger partial charge < -0.3 is 15.4 Å². The van der Waals surface area contributed by atoms with Gasteiger partial charge in [-0.05, 0) is 31.0 Å². The zero-order chi connectivity index (χ0) is 13.9. The number of thiazole rings is 1. The molecule has 6 heteroatoms. The quantitative estimate of drug-likeness (QED) is 0.833. The van der Waals surface area contributed by atoms with Crippen molar-refractivity contribution in [2.24, 2.45) is 0 Å². The monoisotopic (exact) mass is 291 g/mol. The van der Waals surface area contributed by atoms with E-state index in [0.29, 0.717) is 19.1 Å². The van der Waals surface area contributed by atoms with Crippen LogP contribution in [0.15, 0.2) is 18.2 Å². The van der Waals surface area contributed by atoms with Crippen molar-refractivity contribution in [1.29, 1.82) is 0 Å². The third-order valence-corrected chi connectivity index (χ3v) is 4.36. The number of nitrogens with one attached hydrogen (secondary N) is 2. The molecular formula is C14H17N3O2S. The minimum Gasteiger partial charge on any atom is -0.383 e. The molecule has 2 N–H and O–H groups in total. The molecule has 0 bridgehead atoms. The highest BCUT2D eigenvalue weighted by atomic mass is 32.1. The number of methoxy groups -OCH3 is 1. The molecule has 0 spiro atoms. The number of aromatic nitrogens is 1. The number of hydrogen-bond acceptors (Lipinski definition) is 4. The molecule has 20 heavy (non-hydrogen) atoms. The fraction of sp³-hybridized carbons (Fsp3) is 0.429. The van der Waals surface area contributed by atoms with E-state index in [1.807, 2.05) is 18.2 Å². The second-order valence-electron chi connectivity index (χ2n) is 4.88. The molecule has 1 heterocycles. The van der Waals surface area contributed by atoms with Gasteiger partial charge in [-0.3, -0.25) is 0 Å². The number of benzene rings is 1. The van der Waals surface area contributed by atoms with E-state index in [1.54, 1.807) is 18.4 Å². The van der Waals surface area contributed by atoms with E-state index in [9.17, 15) is 4.79 Å². The molecule has 0 aliphatic heterocycles. The lowest BCUT2D eigenvalue weighted by molar-refractivity contribution is 0.198. The Hall–Kier alpha value is -1.66. The van der Waals surface area contributed by atoms with Gasteiger partial charge in [-0.2, -0.15) is 0 Å². The van der Waals surface area contributed by atoms with E-state index < -0.39 is 0 Å². The normalized spacial score (nSPS) is 14.4. The van der Waals surface area contributed by atoms with Gasteiger partial charge in [-0.25, -0.2) is 9.78 Å². The summed E-state index contributed by atoms with van der Waals surface area (Å²) >= 11 is 1.73. The van der Waals surface area contributed by atoms with E-state index >= 15 is 0 Å². The molecular weight excluding hydrogens is 274 g/mol. The first-order valence-corrected chi connectivity index (χ1v) is 7.52. The van der Waals surface area contributed by atoms with Crippen molar-refractivity contribution >= 4 is 33.3 Å². The summed E-state index contributed by atoms with van der Waals surface area (Å²) in [6.07, 6.45) is 2.51. The molecule has 1 aliphatic rings. The number of carbonyl (C=O) groups excluding carboxylic acids is 1. The van der Waals surface area contributed by atoms with Gasteiger partial charge in [0.25, 0.3) is 0 Å². The molecule has 0 saturated heterocycles. The third-order valence-electron chi connectivity index (χ3n) is 3.18. The number of rotatable bonds is 5. The lowest BCUT2D eigenvalue weighted by Crippen LogP contribution is -2.31. The zero-order valence-electron chi connectivity index (χ0n) is 11.3. The van der Waals surface area contributed by atoms with Gasteiger partial charge in [-0.15, -0.1) is 11.3 Å². The van der Waals surface area contributed by atoms with Crippen LogP contribution in [0.25, 0.3) is 10.2 Å². The van der Waals surface area contributed by atoms with Gasteiger partial charge in [0.15, 0.2) is 0 Å². The third kappa shape index (κ3) is 3.08. The second-order valence-corrected chi connectivity index (χ2v) is 5.94. The molecule has 0 radical (unpaired) electrons. The number of ether oxygens (including phenoxy) is 1. The number of carbonyl (C=O) groups is 1. The molecule has 1 saturated carbocycles. The first kappa shape index (κ1) is 13.3. The first-order chi connectivity index (χ1) is 9.76. The molecule has 0 atom stereocenters. The Labute approximate surface area is 121 Å². The van der Waals surface area contributed by atoms with Crippen LogP contribution in [-0.2, 0) is 4.74 Å². The average Bonchev–Trinajstić information content (AvgIpc) is 3.19. The van der Waals surface area contributed by atoms with Crippen LogP contribution in [0.2, 0.25) is 0 Å². The average molecular weight is 291 g/mol. The molecule has 2 amide bonds. The van der Waals surface area contributed by atoms with E-state index in [2.05, 4.69) is 15.6 Å². The van der Waals surface area contributed by atoms with Crippen molar-refractivity contribution < 1.29 is 9.53 Å². The number of nitrogens with zero attached hydrogens (tertiary/aromatic N) is 1. The Morgan fingerprint density at radius 1 is 1.50 bits per heavy atom. The maximum Gasteiger partial charge on any atom is 0.319 e. The smallest absolute Gasteiger partial charge is 0.319 e. The van der Waals surface area contributed by atoms with E-state index in [0.717, 1.165) is 15.9 Å². The predicted octanol–water partition coefficient (Wildman–Crippen LogP) is 2.94. The predicted molar refractivity (Wildman–Crippen MR) is 80.5 cm³/mol. The molecule has 2 aromatic rings. The summed E-state index contributed by atoms with van der Waals surface area (Å²) in [5, 5.41) is 6.77. The molecule has 106 valence electrons. The highest BCUT2D eigenvalue weighted by molar-refractivity contribution is 7.18. The second kappa shape index (κ2) is 5.76. The first-order valence-electron chi connectivity index (χ1n) is 6.70. The van der Waals surface area contributed by atoms with Crippen LogP contribution in [0.5, 0.6) is 0 Å². The molecule has 3 rings (SSSR count). The minimum absolute atomic E-state index is 0.215. The number of hydrogen-bond donors (Lipinski definition) is 2. The summed E-state index contributed by atoms with van der Waals surface area (Å²) in [4.78, 5) is 16.3. The summed E-state index contributed by atoms with van der Waals surface area (Å²) in [5.41, 5.74) is 1.81. The van der Waals surface area contributed by atoms with Crippen LogP contribution in [0.1, 0.15) is 23.8 Å². The Morgan fingerprint density at radius 2 is 2.35 bits per heavy atom. The summed E-state index contributed by atoms with van der Waals surface area (Å²) in [6.45, 7) is 1.00. The number of fused-ring (bicyclic) bond motifs is 1. The van der Waals surface area contributed by atoms with E-state index in [4.69, 9.17) is 4.74 Å². The van der Waals surface area contributed by atoms with Crippen LogP contribution in [0.4, 0.5) is 10.5 Å². The van der Waals surface area contributed by atoms with Gasteiger partial charge >= 0.3 is 6.03 Å². The molecule has 0 unspecified atom stereocenters. The van der Waals surface area contributed by atoms with Crippen molar-refractivity contribution in [3.63, 3.8) is 0 Å². The van der Waals surface area contributed by atoms with Gasteiger partial charge in [-0.1, -0.05) is 0 Å². The van der Waals surface area contributed by atoms with Gasteiger partial charge in [0, 0.05) is 25.3 Å². The largest absolute Gasteiger partial charge is 0.383 e. The van der Waals surface area contributed by atoms with Crippen LogP contribution in [-0.4, -0.2) is 31.3 Å². The maximum atomic E-state index is 11.7. The van der Waals surface area contributed by atoms with Crippen molar-refractivity contribution in [1.82, 2.24) is 10.3 Å². The highest BCUT2D eigenvalue weighted by Gasteiger charge is 2.26.